The lowest BCUT2D eigenvalue weighted by molar-refractivity contribution is 0.590. The molecule has 0 atom stereocenters. The quantitative estimate of drug-likeness (QED) is 0.716. The van der Waals surface area contributed by atoms with E-state index in [2.05, 4.69) is 4.98 Å². The predicted molar refractivity (Wildman–Crippen MR) is 52.3 cm³/mol. The summed E-state index contributed by atoms with van der Waals surface area (Å²) in [6, 6.07) is 4.01. The van der Waals surface area contributed by atoms with Gasteiger partial charge in [-0.1, -0.05) is 13.8 Å². The average molecular weight is 195 g/mol. The van der Waals surface area contributed by atoms with Crippen molar-refractivity contribution in [1.82, 2.24) is 4.98 Å². The van der Waals surface area contributed by atoms with Gasteiger partial charge in [0.25, 0.3) is 0 Å². The SMILES string of the molecule is CC(C)c1cc2cc(F)cc(F)c2[nH]1. The minimum atomic E-state index is -0.538. The number of nitrogens with one attached hydrogen (secondary N) is 1. The lowest BCUT2D eigenvalue weighted by Crippen LogP contribution is -1.85. The van der Waals surface area contributed by atoms with E-state index >= 15 is 0 Å². The summed E-state index contributed by atoms with van der Waals surface area (Å²) >= 11 is 0. The summed E-state index contributed by atoms with van der Waals surface area (Å²) in [5.74, 6) is -0.791. The molecule has 0 saturated heterocycles. The standard InChI is InChI=1S/C11H11F2N/c1-6(2)10-4-7-3-8(12)5-9(13)11(7)14-10/h3-6,14H,1-2H3. The van der Waals surface area contributed by atoms with Gasteiger partial charge in [-0.2, -0.15) is 0 Å². The molecule has 2 rings (SSSR count). The zero-order valence-corrected chi connectivity index (χ0v) is 8.07. The number of H-pyrrole nitrogens is 1. The number of rotatable bonds is 1. The Morgan fingerprint density at radius 2 is 1.86 bits per heavy atom. The molecule has 1 heterocycles. The fourth-order valence-corrected chi connectivity index (χ4v) is 1.50. The van der Waals surface area contributed by atoms with Gasteiger partial charge in [0.15, 0.2) is 0 Å². The number of benzene rings is 1. The fourth-order valence-electron chi connectivity index (χ4n) is 1.50. The van der Waals surface area contributed by atoms with Crippen molar-refractivity contribution < 1.29 is 8.78 Å². The molecule has 0 spiro atoms. The summed E-state index contributed by atoms with van der Waals surface area (Å²) in [5.41, 5.74) is 1.31. The van der Waals surface area contributed by atoms with Crippen molar-refractivity contribution >= 4 is 10.9 Å². The third-order valence-corrected chi connectivity index (χ3v) is 2.29. The number of halogens is 2. The Balaban J connectivity index is 2.70. The van der Waals surface area contributed by atoms with E-state index in [1.807, 2.05) is 13.8 Å². The van der Waals surface area contributed by atoms with Crippen LogP contribution in [-0.4, -0.2) is 4.98 Å². The molecule has 1 aromatic carbocycles. The summed E-state index contributed by atoms with van der Waals surface area (Å²) in [5, 5.41) is 0.589. The molecule has 1 N–H and O–H groups in total. The van der Waals surface area contributed by atoms with Gasteiger partial charge in [-0.3, -0.25) is 0 Å². The normalized spacial score (nSPS) is 11.5. The van der Waals surface area contributed by atoms with Crippen LogP contribution < -0.4 is 0 Å². The monoisotopic (exact) mass is 195 g/mol. The highest BCUT2D eigenvalue weighted by atomic mass is 19.1. The number of hydrogen-bond donors (Lipinski definition) is 1. The molecule has 0 aliphatic heterocycles. The first-order valence-electron chi connectivity index (χ1n) is 4.55. The average Bonchev–Trinajstić information content (AvgIpc) is 2.47. The maximum atomic E-state index is 13.3. The van der Waals surface area contributed by atoms with Crippen LogP contribution in [0, 0.1) is 11.6 Å². The zero-order chi connectivity index (χ0) is 10.3. The Labute approximate surface area is 80.7 Å². The van der Waals surface area contributed by atoms with E-state index in [0.717, 1.165) is 11.8 Å². The highest BCUT2D eigenvalue weighted by Crippen LogP contribution is 2.23. The van der Waals surface area contributed by atoms with Crippen molar-refractivity contribution in [2.75, 3.05) is 0 Å². The van der Waals surface area contributed by atoms with E-state index in [0.29, 0.717) is 10.9 Å². The lowest BCUT2D eigenvalue weighted by atomic mass is 10.1. The molecule has 1 aromatic heterocycles. The van der Waals surface area contributed by atoms with Crippen molar-refractivity contribution in [1.29, 1.82) is 0 Å². The van der Waals surface area contributed by atoms with Crippen LogP contribution in [0.25, 0.3) is 10.9 Å². The van der Waals surface area contributed by atoms with Crippen LogP contribution in [0.15, 0.2) is 18.2 Å². The van der Waals surface area contributed by atoms with Gasteiger partial charge in [-0.15, -0.1) is 0 Å². The Hall–Kier alpha value is -1.38. The molecular weight excluding hydrogens is 184 g/mol. The molecule has 0 aliphatic rings. The molecule has 2 aromatic rings. The Morgan fingerprint density at radius 3 is 2.50 bits per heavy atom. The van der Waals surface area contributed by atoms with Crippen molar-refractivity contribution in [3.05, 3.63) is 35.5 Å². The van der Waals surface area contributed by atoms with Crippen LogP contribution in [-0.2, 0) is 0 Å². The van der Waals surface area contributed by atoms with Crippen molar-refractivity contribution in [2.24, 2.45) is 0 Å². The zero-order valence-electron chi connectivity index (χ0n) is 8.07. The third kappa shape index (κ3) is 1.39. The summed E-state index contributed by atoms with van der Waals surface area (Å²) < 4.78 is 26.1. The summed E-state index contributed by atoms with van der Waals surface area (Å²) in [6.45, 7) is 4.00. The van der Waals surface area contributed by atoms with Crippen molar-refractivity contribution in [3.8, 4) is 0 Å². The second-order valence-corrected chi connectivity index (χ2v) is 3.73. The Morgan fingerprint density at radius 1 is 1.14 bits per heavy atom. The first-order valence-corrected chi connectivity index (χ1v) is 4.55. The molecule has 74 valence electrons. The fraction of sp³-hybridized carbons (Fsp3) is 0.273. The van der Waals surface area contributed by atoms with Gasteiger partial charge in [-0.05, 0) is 18.1 Å². The molecule has 1 nitrogen and oxygen atoms in total. The first-order chi connectivity index (χ1) is 6.58. The Kier molecular flexibility index (Phi) is 2.02. The molecule has 0 radical (unpaired) electrons. The van der Waals surface area contributed by atoms with Gasteiger partial charge in [0.1, 0.15) is 11.6 Å². The minimum absolute atomic E-state index is 0.282. The maximum absolute atomic E-state index is 13.3. The molecule has 0 unspecified atom stereocenters. The lowest BCUT2D eigenvalue weighted by Gasteiger charge is -1.98. The van der Waals surface area contributed by atoms with Crippen LogP contribution in [0.4, 0.5) is 8.78 Å². The summed E-state index contributed by atoms with van der Waals surface area (Å²) in [7, 11) is 0. The second-order valence-electron chi connectivity index (χ2n) is 3.73. The number of aromatic amines is 1. The molecule has 0 fully saturated rings. The highest BCUT2D eigenvalue weighted by molar-refractivity contribution is 5.81. The first kappa shape index (κ1) is 9.19. The third-order valence-electron chi connectivity index (χ3n) is 2.29. The van der Waals surface area contributed by atoms with E-state index in [4.69, 9.17) is 0 Å². The second kappa shape index (κ2) is 3.08. The van der Waals surface area contributed by atoms with Crippen LogP contribution in [0.2, 0.25) is 0 Å². The van der Waals surface area contributed by atoms with E-state index < -0.39 is 11.6 Å². The molecular formula is C11H11F2N. The Bertz CT molecular complexity index is 471. The van der Waals surface area contributed by atoms with Gasteiger partial charge in [0.05, 0.1) is 5.52 Å². The van der Waals surface area contributed by atoms with Crippen LogP contribution in [0.1, 0.15) is 25.5 Å². The van der Waals surface area contributed by atoms with Gasteiger partial charge >= 0.3 is 0 Å². The molecule has 0 aliphatic carbocycles. The molecule has 0 bridgehead atoms. The van der Waals surface area contributed by atoms with E-state index in [-0.39, 0.29) is 5.92 Å². The van der Waals surface area contributed by atoms with Gasteiger partial charge in [-0.25, -0.2) is 8.78 Å². The largest absolute Gasteiger partial charge is 0.356 e. The topological polar surface area (TPSA) is 15.8 Å². The summed E-state index contributed by atoms with van der Waals surface area (Å²) in [6.07, 6.45) is 0. The number of fused-ring (bicyclic) bond motifs is 1. The van der Waals surface area contributed by atoms with E-state index in [1.54, 1.807) is 6.07 Å². The van der Waals surface area contributed by atoms with Crippen molar-refractivity contribution in [3.63, 3.8) is 0 Å². The highest BCUT2D eigenvalue weighted by Gasteiger charge is 2.09. The van der Waals surface area contributed by atoms with Crippen LogP contribution >= 0.6 is 0 Å². The maximum Gasteiger partial charge on any atom is 0.150 e. The molecule has 0 amide bonds. The van der Waals surface area contributed by atoms with Gasteiger partial charge < -0.3 is 4.98 Å². The van der Waals surface area contributed by atoms with Gasteiger partial charge in [0, 0.05) is 17.1 Å². The number of hydrogen-bond acceptors (Lipinski definition) is 0. The van der Waals surface area contributed by atoms with Crippen LogP contribution in [0.5, 0.6) is 0 Å². The molecule has 14 heavy (non-hydrogen) atoms. The van der Waals surface area contributed by atoms with Crippen LogP contribution in [0.3, 0.4) is 0 Å². The van der Waals surface area contributed by atoms with Crippen molar-refractivity contribution in [2.45, 2.75) is 19.8 Å². The number of aromatic nitrogens is 1. The predicted octanol–water partition coefficient (Wildman–Crippen LogP) is 3.57. The molecule has 0 saturated carbocycles. The molecule has 3 heteroatoms. The van der Waals surface area contributed by atoms with E-state index in [1.165, 1.54) is 6.07 Å². The smallest absolute Gasteiger partial charge is 0.150 e. The van der Waals surface area contributed by atoms with E-state index in [9.17, 15) is 8.78 Å². The van der Waals surface area contributed by atoms with Gasteiger partial charge in [0.2, 0.25) is 0 Å². The minimum Gasteiger partial charge on any atom is -0.356 e. The summed E-state index contributed by atoms with van der Waals surface area (Å²) in [4.78, 5) is 2.95.